The molecule has 2 saturated heterocycles. The summed E-state index contributed by atoms with van der Waals surface area (Å²) < 4.78 is 6.80. The molecular formula is C21H30N6O6. The maximum absolute atomic E-state index is 13.4. The third kappa shape index (κ3) is 6.08. The highest BCUT2D eigenvalue weighted by molar-refractivity contribution is 5.95. The van der Waals surface area contributed by atoms with Crippen molar-refractivity contribution in [1.29, 1.82) is 0 Å². The van der Waals surface area contributed by atoms with Crippen LogP contribution in [0.1, 0.15) is 51.1 Å². The van der Waals surface area contributed by atoms with Gasteiger partial charge in [-0.2, -0.15) is 0 Å². The molecule has 0 bridgehead atoms. The Kier molecular flexibility index (Phi) is 8.01. The summed E-state index contributed by atoms with van der Waals surface area (Å²) in [5.41, 5.74) is 6.02. The van der Waals surface area contributed by atoms with Gasteiger partial charge >= 0.3 is 5.97 Å². The van der Waals surface area contributed by atoms with Crippen LogP contribution in [0.15, 0.2) is 12.5 Å². The number of carbonyl (C=O) groups excluding carboxylic acids is 5. The van der Waals surface area contributed by atoms with Crippen molar-refractivity contribution in [3.05, 3.63) is 18.2 Å². The Hall–Kier alpha value is -3.44. The monoisotopic (exact) mass is 462 g/mol. The Bertz CT molecular complexity index is 915. The first-order valence-corrected chi connectivity index (χ1v) is 11.1. The summed E-state index contributed by atoms with van der Waals surface area (Å²) in [5, 5.41) is 5.30. The van der Waals surface area contributed by atoms with E-state index in [1.807, 2.05) is 6.92 Å². The first-order valence-electron chi connectivity index (χ1n) is 11.1. The van der Waals surface area contributed by atoms with Crippen molar-refractivity contribution < 1.29 is 28.7 Å². The second kappa shape index (κ2) is 10.9. The number of hydrogen-bond acceptors (Lipinski definition) is 7. The molecule has 2 aliphatic rings. The van der Waals surface area contributed by atoms with Gasteiger partial charge in [0, 0.05) is 37.7 Å². The van der Waals surface area contributed by atoms with E-state index in [4.69, 9.17) is 10.5 Å². The summed E-state index contributed by atoms with van der Waals surface area (Å²) in [6.07, 6.45) is 5.66. The average molecular weight is 463 g/mol. The highest BCUT2D eigenvalue weighted by atomic mass is 16.5. The van der Waals surface area contributed by atoms with E-state index in [2.05, 4.69) is 15.6 Å². The maximum Gasteiger partial charge on any atom is 0.307 e. The van der Waals surface area contributed by atoms with Crippen LogP contribution in [-0.2, 0) is 41.9 Å². The first-order chi connectivity index (χ1) is 15.8. The van der Waals surface area contributed by atoms with E-state index < -0.39 is 35.8 Å². The minimum atomic E-state index is -1.02. The van der Waals surface area contributed by atoms with E-state index in [0.29, 0.717) is 37.9 Å². The predicted molar refractivity (Wildman–Crippen MR) is 114 cm³/mol. The lowest BCUT2D eigenvalue weighted by Gasteiger charge is -2.28. The van der Waals surface area contributed by atoms with Gasteiger partial charge in [0.15, 0.2) is 6.73 Å². The zero-order valence-corrected chi connectivity index (χ0v) is 18.6. The zero-order chi connectivity index (χ0) is 24.0. The molecule has 4 amide bonds. The van der Waals surface area contributed by atoms with Gasteiger partial charge in [-0.05, 0) is 25.7 Å². The van der Waals surface area contributed by atoms with Crippen LogP contribution < -0.4 is 16.4 Å². The van der Waals surface area contributed by atoms with E-state index in [0.717, 1.165) is 0 Å². The van der Waals surface area contributed by atoms with Gasteiger partial charge < -0.3 is 30.6 Å². The molecule has 3 rings (SSSR count). The van der Waals surface area contributed by atoms with Gasteiger partial charge in [0.25, 0.3) is 0 Å². The molecule has 0 spiro atoms. The quantitative estimate of drug-likeness (QED) is 0.374. The van der Waals surface area contributed by atoms with Gasteiger partial charge in [-0.3, -0.25) is 24.0 Å². The molecule has 1 aromatic rings. The van der Waals surface area contributed by atoms with Gasteiger partial charge in [-0.25, -0.2) is 4.98 Å². The van der Waals surface area contributed by atoms with Crippen molar-refractivity contribution in [2.24, 2.45) is 5.73 Å². The van der Waals surface area contributed by atoms with Crippen molar-refractivity contribution in [1.82, 2.24) is 25.1 Å². The molecule has 3 heterocycles. The number of hydrogen-bond donors (Lipinski definition) is 3. The molecule has 1 aromatic heterocycles. The normalized spacial score (nSPS) is 20.9. The van der Waals surface area contributed by atoms with Crippen LogP contribution in [-0.4, -0.2) is 68.7 Å². The lowest BCUT2D eigenvalue weighted by molar-refractivity contribution is -0.147. The van der Waals surface area contributed by atoms with Crippen molar-refractivity contribution in [2.75, 3.05) is 6.54 Å². The van der Waals surface area contributed by atoms with Gasteiger partial charge in [0.2, 0.25) is 23.6 Å². The lowest BCUT2D eigenvalue weighted by Crippen LogP contribution is -2.56. The molecule has 12 nitrogen and oxygen atoms in total. The molecule has 0 aromatic carbocycles. The van der Waals surface area contributed by atoms with Crippen LogP contribution >= 0.6 is 0 Å². The minimum Gasteiger partial charge on any atom is -0.444 e. The number of likely N-dealkylation sites (tertiary alicyclic amines) is 1. The molecule has 12 heteroatoms. The fourth-order valence-corrected chi connectivity index (χ4v) is 4.07. The number of nitrogens with one attached hydrogen (secondary N) is 2. The molecular weight excluding hydrogens is 432 g/mol. The second-order valence-electron chi connectivity index (χ2n) is 8.27. The number of esters is 1. The number of imidazole rings is 1. The number of aromatic nitrogens is 2. The van der Waals surface area contributed by atoms with E-state index in [-0.39, 0.29) is 37.9 Å². The fourth-order valence-electron chi connectivity index (χ4n) is 4.07. The van der Waals surface area contributed by atoms with Crippen molar-refractivity contribution >= 4 is 29.6 Å². The lowest BCUT2D eigenvalue weighted by atomic mass is 10.1. The number of nitrogens with zero attached hydrogens (tertiary/aromatic N) is 3. The Morgan fingerprint density at radius 1 is 1.33 bits per heavy atom. The standard InChI is InChI=1S/C21H30N6O6/c1-2-4-18(29)33-12-26-11-23-10-13(26)9-15(25-20(31)14-6-7-17(28)24-14)21(32)27-8-3-5-16(27)19(22)30/h10-11,14-16H,2-9,12H2,1H3,(H2,22,30)(H,24,28)(H,25,31)/t14?,15-,16?/m0/s1. The van der Waals surface area contributed by atoms with E-state index in [1.54, 1.807) is 4.57 Å². The molecule has 0 aliphatic carbocycles. The van der Waals surface area contributed by atoms with Crippen LogP contribution in [0, 0.1) is 0 Å². The van der Waals surface area contributed by atoms with Crippen LogP contribution in [0.5, 0.6) is 0 Å². The second-order valence-corrected chi connectivity index (χ2v) is 8.27. The summed E-state index contributed by atoms with van der Waals surface area (Å²) >= 11 is 0. The molecule has 2 unspecified atom stereocenters. The molecule has 0 saturated carbocycles. The van der Waals surface area contributed by atoms with Gasteiger partial charge in [0.05, 0.1) is 6.33 Å². The summed E-state index contributed by atoms with van der Waals surface area (Å²) in [6.45, 7) is 2.15. The number of primary amides is 1. The molecule has 4 N–H and O–H groups in total. The van der Waals surface area contributed by atoms with Crippen molar-refractivity contribution in [3.8, 4) is 0 Å². The van der Waals surface area contributed by atoms with Crippen LogP contribution in [0.3, 0.4) is 0 Å². The number of nitrogens with two attached hydrogens (primary N) is 1. The molecule has 2 aliphatic heterocycles. The maximum atomic E-state index is 13.4. The summed E-state index contributed by atoms with van der Waals surface area (Å²) in [6, 6.07) is -2.47. The molecule has 2 fully saturated rings. The predicted octanol–water partition coefficient (Wildman–Crippen LogP) is -1.03. The Morgan fingerprint density at radius 2 is 2.12 bits per heavy atom. The molecule has 33 heavy (non-hydrogen) atoms. The highest BCUT2D eigenvalue weighted by Crippen LogP contribution is 2.19. The average Bonchev–Trinajstić information content (AvgIpc) is 3.52. The van der Waals surface area contributed by atoms with Gasteiger partial charge in [-0.1, -0.05) is 6.92 Å². The molecule has 3 atom stereocenters. The Morgan fingerprint density at radius 3 is 2.79 bits per heavy atom. The van der Waals surface area contributed by atoms with E-state index in [1.165, 1.54) is 17.4 Å². The minimum absolute atomic E-state index is 0.0541. The van der Waals surface area contributed by atoms with E-state index in [9.17, 15) is 24.0 Å². The number of rotatable bonds is 10. The zero-order valence-electron chi connectivity index (χ0n) is 18.6. The third-order valence-electron chi connectivity index (χ3n) is 5.82. The van der Waals surface area contributed by atoms with Crippen molar-refractivity contribution in [2.45, 2.75) is 76.7 Å². The number of carbonyl (C=O) groups is 5. The van der Waals surface area contributed by atoms with Crippen LogP contribution in [0.2, 0.25) is 0 Å². The number of ether oxygens (including phenoxy) is 1. The van der Waals surface area contributed by atoms with Gasteiger partial charge in [0.1, 0.15) is 18.1 Å². The fraction of sp³-hybridized carbons (Fsp3) is 0.619. The van der Waals surface area contributed by atoms with Crippen LogP contribution in [0.25, 0.3) is 0 Å². The molecule has 180 valence electrons. The first kappa shape index (κ1) is 24.2. The largest absolute Gasteiger partial charge is 0.444 e. The smallest absolute Gasteiger partial charge is 0.307 e. The van der Waals surface area contributed by atoms with Crippen molar-refractivity contribution in [3.63, 3.8) is 0 Å². The molecule has 0 radical (unpaired) electrons. The summed E-state index contributed by atoms with van der Waals surface area (Å²) in [7, 11) is 0. The van der Waals surface area contributed by atoms with E-state index >= 15 is 0 Å². The third-order valence-corrected chi connectivity index (χ3v) is 5.82. The van der Waals surface area contributed by atoms with Gasteiger partial charge in [-0.15, -0.1) is 0 Å². The number of amides is 4. The SMILES string of the molecule is CCCC(=O)OCn1cncc1C[C@H](NC(=O)C1CCC(=O)N1)C(=O)N1CCCC1C(N)=O. The topological polar surface area (TPSA) is 166 Å². The Balaban J connectivity index is 1.76. The summed E-state index contributed by atoms with van der Waals surface area (Å²) in [4.78, 5) is 66.6. The van der Waals surface area contributed by atoms with Crippen LogP contribution in [0.4, 0.5) is 0 Å². The highest BCUT2D eigenvalue weighted by Gasteiger charge is 2.38. The Labute approximate surface area is 191 Å². The summed E-state index contributed by atoms with van der Waals surface area (Å²) in [5.74, 6) is -2.09.